The first kappa shape index (κ1) is 25.2. The van der Waals surface area contributed by atoms with Crippen LogP contribution in [0.1, 0.15) is 86.2 Å². The molecular formula is C29H38N2OS. The average Bonchev–Trinajstić information content (AvgIpc) is 3.20. The van der Waals surface area contributed by atoms with Crippen molar-refractivity contribution in [3.8, 4) is 11.3 Å². The maximum atomic E-state index is 12.8. The second-order valence-corrected chi connectivity index (χ2v) is 9.82. The van der Waals surface area contributed by atoms with Gasteiger partial charge in [0.15, 0.2) is 4.80 Å². The highest BCUT2D eigenvalue weighted by Gasteiger charge is 2.12. The van der Waals surface area contributed by atoms with Crippen molar-refractivity contribution in [2.45, 2.75) is 85.1 Å². The monoisotopic (exact) mass is 462 g/mol. The number of hydrogen-bond acceptors (Lipinski definition) is 2. The van der Waals surface area contributed by atoms with Gasteiger partial charge in [0.1, 0.15) is 0 Å². The number of carbonyl (C=O) groups is 1. The highest BCUT2D eigenvalue weighted by Crippen LogP contribution is 2.25. The summed E-state index contributed by atoms with van der Waals surface area (Å²) in [5, 5.41) is 2.16. The molecule has 0 saturated carbocycles. The molecule has 0 aliphatic rings. The molecule has 0 radical (unpaired) electrons. The molecule has 176 valence electrons. The van der Waals surface area contributed by atoms with Crippen LogP contribution in [0.4, 0.5) is 0 Å². The van der Waals surface area contributed by atoms with Crippen LogP contribution in [0.3, 0.4) is 0 Å². The molecule has 4 heteroatoms. The zero-order valence-corrected chi connectivity index (χ0v) is 21.3. The first-order valence-corrected chi connectivity index (χ1v) is 13.4. The van der Waals surface area contributed by atoms with Crippen molar-refractivity contribution in [2.75, 3.05) is 0 Å². The zero-order valence-electron chi connectivity index (χ0n) is 20.5. The minimum absolute atomic E-state index is 0.176. The van der Waals surface area contributed by atoms with Gasteiger partial charge in [-0.15, -0.1) is 11.3 Å². The number of thiazole rings is 1. The molecule has 0 unspecified atom stereocenters. The Bertz CT molecular complexity index is 1080. The van der Waals surface area contributed by atoms with Gasteiger partial charge in [0.25, 0.3) is 5.91 Å². The number of amides is 1. The van der Waals surface area contributed by atoms with Crippen LogP contribution in [0.5, 0.6) is 0 Å². The van der Waals surface area contributed by atoms with E-state index in [0.717, 1.165) is 23.5 Å². The SMILES string of the molecule is CCCCCCCCCCCn1c(-c2ccc(C)cc2C)cs/c1=N/C(=O)c1ccccc1. The normalized spacial score (nSPS) is 11.8. The van der Waals surface area contributed by atoms with Gasteiger partial charge in [0.05, 0.1) is 5.69 Å². The van der Waals surface area contributed by atoms with Crippen LogP contribution in [0.25, 0.3) is 11.3 Å². The lowest BCUT2D eigenvalue weighted by atomic mass is 10.0. The van der Waals surface area contributed by atoms with Crippen molar-refractivity contribution in [3.63, 3.8) is 0 Å². The molecule has 0 aliphatic carbocycles. The van der Waals surface area contributed by atoms with Gasteiger partial charge < -0.3 is 4.57 Å². The fraction of sp³-hybridized carbons (Fsp3) is 0.448. The smallest absolute Gasteiger partial charge is 0.279 e. The molecule has 1 heterocycles. The lowest BCUT2D eigenvalue weighted by Gasteiger charge is -2.12. The second kappa shape index (κ2) is 13.3. The summed E-state index contributed by atoms with van der Waals surface area (Å²) in [6, 6.07) is 15.9. The van der Waals surface area contributed by atoms with Gasteiger partial charge in [-0.3, -0.25) is 4.79 Å². The molecule has 0 spiro atoms. The third-order valence-corrected chi connectivity index (χ3v) is 7.02. The Morgan fingerprint density at radius 1 is 0.879 bits per heavy atom. The Kier molecular flexibility index (Phi) is 10.1. The second-order valence-electron chi connectivity index (χ2n) is 8.98. The molecule has 0 saturated heterocycles. The van der Waals surface area contributed by atoms with Gasteiger partial charge in [-0.25, -0.2) is 0 Å². The van der Waals surface area contributed by atoms with Crippen LogP contribution < -0.4 is 4.80 Å². The van der Waals surface area contributed by atoms with Crippen molar-refractivity contribution >= 4 is 17.2 Å². The molecular weight excluding hydrogens is 424 g/mol. The lowest BCUT2D eigenvalue weighted by Crippen LogP contribution is -2.18. The number of aryl methyl sites for hydroxylation is 2. The first-order valence-electron chi connectivity index (χ1n) is 12.5. The van der Waals surface area contributed by atoms with Crippen molar-refractivity contribution in [1.29, 1.82) is 0 Å². The van der Waals surface area contributed by atoms with Crippen LogP contribution in [0, 0.1) is 13.8 Å². The van der Waals surface area contributed by atoms with Gasteiger partial charge in [-0.05, 0) is 38.0 Å². The van der Waals surface area contributed by atoms with Crippen LogP contribution >= 0.6 is 11.3 Å². The molecule has 0 N–H and O–H groups in total. The highest BCUT2D eigenvalue weighted by molar-refractivity contribution is 7.07. The Labute approximate surface area is 203 Å². The van der Waals surface area contributed by atoms with Gasteiger partial charge in [0.2, 0.25) is 0 Å². The number of hydrogen-bond donors (Lipinski definition) is 0. The summed E-state index contributed by atoms with van der Waals surface area (Å²) < 4.78 is 2.25. The van der Waals surface area contributed by atoms with Gasteiger partial charge >= 0.3 is 0 Å². The number of benzene rings is 2. The third-order valence-electron chi connectivity index (χ3n) is 6.16. The lowest BCUT2D eigenvalue weighted by molar-refractivity contribution is 0.0997. The van der Waals surface area contributed by atoms with Crippen LogP contribution in [0.15, 0.2) is 58.9 Å². The number of nitrogens with zero attached hydrogens (tertiary/aromatic N) is 2. The molecule has 0 fully saturated rings. The Morgan fingerprint density at radius 3 is 2.21 bits per heavy atom. The minimum Gasteiger partial charge on any atom is -0.316 e. The van der Waals surface area contributed by atoms with Crippen molar-refractivity contribution < 1.29 is 4.79 Å². The summed E-state index contributed by atoms with van der Waals surface area (Å²) in [5.41, 5.74) is 5.54. The van der Waals surface area contributed by atoms with Crippen LogP contribution in [-0.4, -0.2) is 10.5 Å². The van der Waals surface area contributed by atoms with E-state index in [2.05, 4.69) is 53.9 Å². The molecule has 33 heavy (non-hydrogen) atoms. The number of rotatable bonds is 12. The maximum absolute atomic E-state index is 12.8. The molecule has 1 aromatic heterocycles. The molecule has 0 aliphatic heterocycles. The Balaban J connectivity index is 1.75. The molecule has 2 aromatic carbocycles. The predicted molar refractivity (Wildman–Crippen MR) is 141 cm³/mol. The number of aromatic nitrogens is 1. The molecule has 3 aromatic rings. The van der Waals surface area contributed by atoms with Crippen LogP contribution in [-0.2, 0) is 6.54 Å². The van der Waals surface area contributed by atoms with E-state index < -0.39 is 0 Å². The average molecular weight is 463 g/mol. The molecule has 3 rings (SSSR count). The third kappa shape index (κ3) is 7.53. The maximum Gasteiger partial charge on any atom is 0.279 e. The topological polar surface area (TPSA) is 34.4 Å². The first-order chi connectivity index (χ1) is 16.1. The predicted octanol–water partition coefficient (Wildman–Crippen LogP) is 8.11. The Hall–Kier alpha value is -2.46. The van der Waals surface area contributed by atoms with Crippen molar-refractivity contribution in [2.24, 2.45) is 4.99 Å². The standard InChI is InChI=1S/C29H38N2OS/c1-4-5-6-7-8-9-10-11-15-20-31-27(26-19-18-23(2)21-24(26)3)22-33-29(31)30-28(32)25-16-13-12-14-17-25/h12-14,16-19,21-22H,4-11,15,20H2,1-3H3/b30-29+. The van der Waals surface area contributed by atoms with E-state index >= 15 is 0 Å². The Morgan fingerprint density at radius 2 is 1.55 bits per heavy atom. The van der Waals surface area contributed by atoms with E-state index in [9.17, 15) is 4.79 Å². The number of unbranched alkanes of at least 4 members (excludes halogenated alkanes) is 8. The minimum atomic E-state index is -0.176. The van der Waals surface area contributed by atoms with E-state index in [1.807, 2.05) is 30.3 Å². The summed E-state index contributed by atoms with van der Waals surface area (Å²) in [6.45, 7) is 7.44. The zero-order chi connectivity index (χ0) is 23.5. The fourth-order valence-electron chi connectivity index (χ4n) is 4.26. The fourth-order valence-corrected chi connectivity index (χ4v) is 5.19. The highest BCUT2D eigenvalue weighted by atomic mass is 32.1. The summed E-state index contributed by atoms with van der Waals surface area (Å²) in [5.74, 6) is -0.176. The van der Waals surface area contributed by atoms with Gasteiger partial charge in [-0.1, -0.05) is 100 Å². The molecule has 3 nitrogen and oxygen atoms in total. The quantitative estimate of drug-likeness (QED) is 0.250. The van der Waals surface area contributed by atoms with Gasteiger partial charge in [0, 0.05) is 23.1 Å². The summed E-state index contributed by atoms with van der Waals surface area (Å²) >= 11 is 1.56. The van der Waals surface area contributed by atoms with Gasteiger partial charge in [-0.2, -0.15) is 4.99 Å². The number of carbonyl (C=O) groups excluding carboxylic acids is 1. The van der Waals surface area contributed by atoms with E-state index in [4.69, 9.17) is 0 Å². The summed E-state index contributed by atoms with van der Waals surface area (Å²) in [4.78, 5) is 18.1. The van der Waals surface area contributed by atoms with Crippen molar-refractivity contribution in [3.05, 3.63) is 75.4 Å². The van der Waals surface area contributed by atoms with E-state index in [1.54, 1.807) is 11.3 Å². The molecule has 1 amide bonds. The molecule has 0 atom stereocenters. The van der Waals surface area contributed by atoms with E-state index in [0.29, 0.717) is 5.56 Å². The summed E-state index contributed by atoms with van der Waals surface area (Å²) in [6.07, 6.45) is 11.7. The van der Waals surface area contributed by atoms with Crippen molar-refractivity contribution in [1.82, 2.24) is 4.57 Å². The van der Waals surface area contributed by atoms with E-state index in [1.165, 1.54) is 68.1 Å². The summed E-state index contributed by atoms with van der Waals surface area (Å²) in [7, 11) is 0. The van der Waals surface area contributed by atoms with Crippen LogP contribution in [0.2, 0.25) is 0 Å². The largest absolute Gasteiger partial charge is 0.316 e. The molecule has 0 bridgehead atoms. The van der Waals surface area contributed by atoms with E-state index in [-0.39, 0.29) is 5.91 Å².